The van der Waals surface area contributed by atoms with Crippen LogP contribution in [0, 0.1) is 0 Å². The third-order valence-corrected chi connectivity index (χ3v) is 1.26. The number of nitrogens with zero attached hydrogens (tertiary/aromatic N) is 1. The molecule has 0 aliphatic carbocycles. The first-order chi connectivity index (χ1) is 4.75. The van der Waals surface area contributed by atoms with Crippen LogP contribution in [0.15, 0.2) is 0 Å². The second kappa shape index (κ2) is 2.94. The monoisotopic (exact) mass is 148 g/mol. The summed E-state index contributed by atoms with van der Waals surface area (Å²) >= 11 is 0. The van der Waals surface area contributed by atoms with Gasteiger partial charge in [0, 0.05) is 0 Å². The van der Waals surface area contributed by atoms with Gasteiger partial charge in [-0.2, -0.15) is 0 Å². The van der Waals surface area contributed by atoms with E-state index in [1.807, 2.05) is 0 Å². The van der Waals surface area contributed by atoms with E-state index in [1.165, 1.54) is 0 Å². The molecule has 0 aromatic heterocycles. The molecule has 58 valence electrons. The summed E-state index contributed by atoms with van der Waals surface area (Å²) in [5.41, 5.74) is 5.26. The van der Waals surface area contributed by atoms with E-state index in [-0.39, 0.29) is 19.1 Å². The molecule has 0 spiro atoms. The molecule has 0 radical (unpaired) electrons. The minimum absolute atomic E-state index is 0.0213. The number of carbonyl (C=O) groups is 1. The van der Waals surface area contributed by atoms with E-state index in [0.29, 0.717) is 0 Å². The molecule has 0 aromatic rings. The van der Waals surface area contributed by atoms with Gasteiger partial charge in [0.15, 0.2) is 0 Å². The summed E-state index contributed by atoms with van der Waals surface area (Å²) in [6.45, 7) is -0.455. The number of hydrogen-bond acceptors (Lipinski definition) is 3. The lowest BCUT2D eigenvalue weighted by Gasteiger charge is -2.10. The molecule has 1 heterocycles. The van der Waals surface area contributed by atoms with Crippen LogP contribution in [0.5, 0.6) is 0 Å². The zero-order chi connectivity index (χ0) is 7.56. The Morgan fingerprint density at radius 3 is 3.00 bits per heavy atom. The van der Waals surface area contributed by atoms with Gasteiger partial charge in [-0.15, -0.1) is 0 Å². The lowest BCUT2D eigenvalue weighted by Crippen LogP contribution is -2.35. The van der Waals surface area contributed by atoms with Gasteiger partial charge in [-0.25, -0.2) is 9.45 Å². The van der Waals surface area contributed by atoms with Crippen molar-refractivity contribution in [2.24, 2.45) is 5.73 Å². The van der Waals surface area contributed by atoms with Gasteiger partial charge in [0.25, 0.3) is 5.91 Å². The van der Waals surface area contributed by atoms with Crippen LogP contribution in [0.1, 0.15) is 0 Å². The number of amides is 1. The molecule has 1 rings (SSSR count). The first-order valence-electron chi connectivity index (χ1n) is 3.01. The first-order valence-corrected chi connectivity index (χ1v) is 3.01. The molecule has 1 saturated heterocycles. The lowest BCUT2D eigenvalue weighted by atomic mass is 10.3. The van der Waals surface area contributed by atoms with Crippen molar-refractivity contribution in [3.05, 3.63) is 0 Å². The summed E-state index contributed by atoms with van der Waals surface area (Å²) in [5, 5.41) is 0.963. The second-order valence-corrected chi connectivity index (χ2v) is 2.03. The number of nitrogens with two attached hydrogens (primary N) is 1. The molecule has 1 unspecified atom stereocenters. The molecule has 2 N–H and O–H groups in total. The topological polar surface area (TPSA) is 55.6 Å². The molecule has 0 saturated carbocycles. The average molecular weight is 148 g/mol. The summed E-state index contributed by atoms with van der Waals surface area (Å²) in [6.07, 6.45) is 0. The van der Waals surface area contributed by atoms with Crippen LogP contribution in [-0.2, 0) is 9.63 Å². The van der Waals surface area contributed by atoms with Crippen LogP contribution in [0.3, 0.4) is 0 Å². The highest BCUT2D eigenvalue weighted by Gasteiger charge is 2.29. The zero-order valence-electron chi connectivity index (χ0n) is 5.42. The van der Waals surface area contributed by atoms with Crippen molar-refractivity contribution in [2.75, 3.05) is 19.8 Å². The summed E-state index contributed by atoms with van der Waals surface area (Å²) in [5.74, 6) is -0.336. The van der Waals surface area contributed by atoms with Gasteiger partial charge in [-0.05, 0) is 0 Å². The van der Waals surface area contributed by atoms with E-state index in [1.54, 1.807) is 0 Å². The maximum absolute atomic E-state index is 11.6. The van der Waals surface area contributed by atoms with E-state index >= 15 is 0 Å². The third-order valence-electron chi connectivity index (χ3n) is 1.26. The smallest absolute Gasteiger partial charge is 0.265 e. The van der Waals surface area contributed by atoms with Crippen molar-refractivity contribution in [2.45, 2.75) is 6.04 Å². The highest BCUT2D eigenvalue weighted by molar-refractivity contribution is 5.82. The Kier molecular flexibility index (Phi) is 2.18. The zero-order valence-corrected chi connectivity index (χ0v) is 5.42. The van der Waals surface area contributed by atoms with Gasteiger partial charge in [-0.3, -0.25) is 9.63 Å². The van der Waals surface area contributed by atoms with Crippen LogP contribution in [0.4, 0.5) is 4.39 Å². The Balaban J connectivity index is 2.41. The molecule has 1 aliphatic heterocycles. The van der Waals surface area contributed by atoms with E-state index < -0.39 is 12.7 Å². The normalized spacial score (nSPS) is 26.0. The van der Waals surface area contributed by atoms with E-state index in [2.05, 4.69) is 0 Å². The Morgan fingerprint density at radius 2 is 2.60 bits per heavy atom. The fraction of sp³-hybridized carbons (Fsp3) is 0.800. The number of halogens is 1. The van der Waals surface area contributed by atoms with Gasteiger partial charge in [0.05, 0.1) is 13.2 Å². The molecular weight excluding hydrogens is 139 g/mol. The minimum atomic E-state index is -0.605. The van der Waals surface area contributed by atoms with Crippen LogP contribution in [0.25, 0.3) is 0 Å². The highest BCUT2D eigenvalue weighted by atomic mass is 19.1. The molecule has 1 atom stereocenters. The predicted octanol–water partition coefficient (Wildman–Crippen LogP) is -0.943. The van der Waals surface area contributed by atoms with E-state index in [4.69, 9.17) is 10.6 Å². The first kappa shape index (κ1) is 7.43. The van der Waals surface area contributed by atoms with Crippen molar-refractivity contribution >= 4 is 5.91 Å². The third kappa shape index (κ3) is 1.25. The van der Waals surface area contributed by atoms with Crippen molar-refractivity contribution in [3.8, 4) is 0 Å². The Hall–Kier alpha value is -0.680. The molecule has 5 heteroatoms. The van der Waals surface area contributed by atoms with Gasteiger partial charge in [0.2, 0.25) is 0 Å². The van der Waals surface area contributed by atoms with Gasteiger partial charge in [-0.1, -0.05) is 0 Å². The molecular formula is C5H9FN2O2. The van der Waals surface area contributed by atoms with E-state index in [9.17, 15) is 9.18 Å². The van der Waals surface area contributed by atoms with Crippen molar-refractivity contribution < 1.29 is 14.0 Å². The Morgan fingerprint density at radius 1 is 1.90 bits per heavy atom. The average Bonchev–Trinajstić information content (AvgIpc) is 2.20. The Bertz CT molecular complexity index is 140. The Labute approximate surface area is 57.7 Å². The van der Waals surface area contributed by atoms with Crippen LogP contribution < -0.4 is 5.73 Å². The van der Waals surface area contributed by atoms with Crippen molar-refractivity contribution in [1.82, 2.24) is 5.06 Å². The second-order valence-electron chi connectivity index (χ2n) is 2.03. The number of alkyl halides is 1. The maximum Gasteiger partial charge on any atom is 0.265 e. The van der Waals surface area contributed by atoms with Gasteiger partial charge < -0.3 is 5.73 Å². The minimum Gasteiger partial charge on any atom is -0.318 e. The van der Waals surface area contributed by atoms with Gasteiger partial charge >= 0.3 is 0 Å². The SMILES string of the molecule is NC1CON(CCF)C1=O. The molecule has 4 nitrogen and oxygen atoms in total. The molecule has 0 aromatic carbocycles. The largest absolute Gasteiger partial charge is 0.318 e. The predicted molar refractivity (Wildman–Crippen MR) is 31.6 cm³/mol. The summed E-state index contributed by atoms with van der Waals surface area (Å²) in [7, 11) is 0. The maximum atomic E-state index is 11.6. The number of rotatable bonds is 2. The number of carbonyl (C=O) groups excluding carboxylic acids is 1. The van der Waals surface area contributed by atoms with Crippen LogP contribution in [0.2, 0.25) is 0 Å². The molecule has 1 amide bonds. The van der Waals surface area contributed by atoms with E-state index in [0.717, 1.165) is 5.06 Å². The highest BCUT2D eigenvalue weighted by Crippen LogP contribution is 2.04. The summed E-state index contributed by atoms with van der Waals surface area (Å²) in [6, 6.07) is -0.605. The van der Waals surface area contributed by atoms with Crippen molar-refractivity contribution in [1.29, 1.82) is 0 Å². The number of hydrogen-bond donors (Lipinski definition) is 1. The summed E-state index contributed by atoms with van der Waals surface area (Å²) < 4.78 is 11.6. The molecule has 1 fully saturated rings. The van der Waals surface area contributed by atoms with Gasteiger partial charge in [0.1, 0.15) is 12.7 Å². The fourth-order valence-corrected chi connectivity index (χ4v) is 0.742. The van der Waals surface area contributed by atoms with Crippen molar-refractivity contribution in [3.63, 3.8) is 0 Å². The van der Waals surface area contributed by atoms with Crippen LogP contribution in [-0.4, -0.2) is 36.8 Å². The quantitative estimate of drug-likeness (QED) is 0.549. The standard InChI is InChI=1S/C5H9FN2O2/c6-1-2-8-5(9)4(7)3-10-8/h4H,1-3,7H2. The summed E-state index contributed by atoms with van der Waals surface area (Å²) in [4.78, 5) is 15.5. The van der Waals surface area contributed by atoms with Crippen LogP contribution >= 0.6 is 0 Å². The molecule has 0 bridgehead atoms. The lowest BCUT2D eigenvalue weighted by molar-refractivity contribution is -0.162. The number of hydroxylamine groups is 2. The fourth-order valence-electron chi connectivity index (χ4n) is 0.742. The molecule has 1 aliphatic rings. The molecule has 10 heavy (non-hydrogen) atoms.